The number of nitrogens with zero attached hydrogens (tertiary/aromatic N) is 3. The van der Waals surface area contributed by atoms with Gasteiger partial charge in [-0.25, -0.2) is 22.8 Å². The highest BCUT2D eigenvalue weighted by molar-refractivity contribution is 7.90. The van der Waals surface area contributed by atoms with Crippen molar-refractivity contribution >= 4 is 55.7 Å². The van der Waals surface area contributed by atoms with Crippen molar-refractivity contribution < 1.29 is 8.42 Å². The number of H-pyrrole nitrogens is 1. The van der Waals surface area contributed by atoms with E-state index in [0.717, 1.165) is 28.7 Å². The van der Waals surface area contributed by atoms with E-state index in [0.29, 0.717) is 11.9 Å². The van der Waals surface area contributed by atoms with Crippen molar-refractivity contribution in [1.82, 2.24) is 24.8 Å². The first-order chi connectivity index (χ1) is 17.6. The molecule has 10 nitrogen and oxygen atoms in total. The van der Waals surface area contributed by atoms with Crippen LogP contribution in [0.4, 0.5) is 11.6 Å². The van der Waals surface area contributed by atoms with Gasteiger partial charge < -0.3 is 10.6 Å². The van der Waals surface area contributed by atoms with Gasteiger partial charge in [0.1, 0.15) is 15.3 Å². The van der Waals surface area contributed by atoms with Crippen LogP contribution < -0.4 is 21.8 Å². The zero-order valence-corrected chi connectivity index (χ0v) is 22.0. The Morgan fingerprint density at radius 2 is 1.89 bits per heavy atom. The number of aromatic amines is 1. The molecule has 13 heteroatoms. The van der Waals surface area contributed by atoms with Crippen LogP contribution in [-0.4, -0.2) is 52.5 Å². The minimum absolute atomic E-state index is 0.111. The maximum Gasteiger partial charge on any atom is 0.333 e. The Bertz CT molecular complexity index is 1730. The van der Waals surface area contributed by atoms with E-state index in [4.69, 9.17) is 28.6 Å². The molecule has 1 atom stereocenters. The number of nitrogens with one attached hydrogen (secondary N) is 4. The molecule has 5 rings (SSSR count). The lowest BCUT2D eigenvalue weighted by molar-refractivity contribution is 0.545. The van der Waals surface area contributed by atoms with E-state index in [2.05, 4.69) is 25.6 Å². The second-order valence-electron chi connectivity index (χ2n) is 8.94. The number of sulfone groups is 1. The Labute approximate surface area is 222 Å². The number of hydrogen-bond acceptors (Lipinski definition) is 8. The van der Waals surface area contributed by atoms with Crippen LogP contribution in [0.2, 0.25) is 10.0 Å². The quantitative estimate of drug-likeness (QED) is 0.272. The van der Waals surface area contributed by atoms with Crippen LogP contribution in [0.3, 0.4) is 0 Å². The number of para-hydroxylation sites is 1. The van der Waals surface area contributed by atoms with E-state index in [-0.39, 0.29) is 44.6 Å². The zero-order chi connectivity index (χ0) is 26.3. The summed E-state index contributed by atoms with van der Waals surface area (Å²) in [6, 6.07) is 11.0. The molecule has 0 aliphatic heterocycles. The van der Waals surface area contributed by atoms with Gasteiger partial charge in [-0.3, -0.25) is 10.4 Å². The molecule has 2 aromatic heterocycles. The normalized spacial score (nSPS) is 15.2. The molecule has 0 saturated heterocycles. The molecular formula is C24H23Cl2N7O3S. The molecule has 2 aromatic carbocycles. The molecule has 4 aromatic rings. The lowest BCUT2D eigenvalue weighted by Crippen LogP contribution is -2.34. The summed E-state index contributed by atoms with van der Waals surface area (Å²) in [5.74, 6) is 0.372. The number of anilines is 2. The first-order valence-electron chi connectivity index (χ1n) is 11.4. The summed E-state index contributed by atoms with van der Waals surface area (Å²) in [6.45, 7) is 0.423. The molecule has 2 heterocycles. The van der Waals surface area contributed by atoms with E-state index < -0.39 is 15.5 Å². The van der Waals surface area contributed by atoms with Gasteiger partial charge in [-0.15, -0.1) is 0 Å². The van der Waals surface area contributed by atoms with Gasteiger partial charge in [0.05, 0.1) is 26.9 Å². The summed E-state index contributed by atoms with van der Waals surface area (Å²) in [6.07, 6.45) is 4.30. The number of benzene rings is 2. The molecule has 192 valence electrons. The van der Waals surface area contributed by atoms with Crippen molar-refractivity contribution in [3.8, 4) is 5.69 Å². The third-order valence-corrected chi connectivity index (χ3v) is 7.71. The highest BCUT2D eigenvalue weighted by Crippen LogP contribution is 2.28. The van der Waals surface area contributed by atoms with Gasteiger partial charge in [0.25, 0.3) is 0 Å². The van der Waals surface area contributed by atoms with Gasteiger partial charge in [-0.2, -0.15) is 4.98 Å². The number of rotatable bonds is 7. The maximum atomic E-state index is 12.9. The molecule has 0 saturated carbocycles. The van der Waals surface area contributed by atoms with Crippen molar-refractivity contribution in [2.75, 3.05) is 23.9 Å². The van der Waals surface area contributed by atoms with Crippen molar-refractivity contribution in [2.24, 2.45) is 0 Å². The highest BCUT2D eigenvalue weighted by Gasteiger charge is 2.22. The first-order valence-corrected chi connectivity index (χ1v) is 14.2. The van der Waals surface area contributed by atoms with E-state index in [1.54, 1.807) is 18.2 Å². The molecule has 4 N–H and O–H groups in total. The van der Waals surface area contributed by atoms with Crippen LogP contribution in [0, 0.1) is 5.41 Å². The molecule has 0 spiro atoms. The summed E-state index contributed by atoms with van der Waals surface area (Å²) in [7, 11) is -3.00. The fraction of sp³-hybridized carbons (Fsp3) is 0.250. The predicted molar refractivity (Wildman–Crippen MR) is 144 cm³/mol. The molecular weight excluding hydrogens is 537 g/mol. The third kappa shape index (κ3) is 5.40. The van der Waals surface area contributed by atoms with Crippen molar-refractivity contribution in [3.05, 3.63) is 79.7 Å². The van der Waals surface area contributed by atoms with Gasteiger partial charge in [-0.1, -0.05) is 35.3 Å². The standard InChI is InChI=1S/C24H23Cl2N7O3S/c1-37(35,36)8-7-28-16-9-13-5-6-15(10-14(13)11-16)30-23-29-12-17-21(27)33(24(34)32-22(17)31-23)20-18(25)3-2-4-19(20)26/h2-6,10,12,16,27-28H,7-9,11H2,1H3,(H2,29,30,31,32,34). The topological polar surface area (TPSA) is 146 Å². The summed E-state index contributed by atoms with van der Waals surface area (Å²) in [5.41, 5.74) is 2.79. The van der Waals surface area contributed by atoms with Crippen molar-refractivity contribution in [1.29, 1.82) is 5.41 Å². The van der Waals surface area contributed by atoms with Crippen LogP contribution in [0.25, 0.3) is 16.7 Å². The number of aromatic nitrogens is 4. The highest BCUT2D eigenvalue weighted by atomic mass is 35.5. The number of hydrogen-bond donors (Lipinski definition) is 4. The SMILES string of the molecule is CS(=O)(=O)CCNC1Cc2ccc(Nc3ncc4c(=N)n(-c5c(Cl)cccc5Cl)c(=O)[nH]c4n3)cc2C1. The maximum absolute atomic E-state index is 12.9. The zero-order valence-electron chi connectivity index (χ0n) is 19.7. The first kappa shape index (κ1) is 25.4. The molecule has 0 fully saturated rings. The van der Waals surface area contributed by atoms with Crippen LogP contribution in [0.15, 0.2) is 47.4 Å². The van der Waals surface area contributed by atoms with E-state index in [1.165, 1.54) is 18.0 Å². The van der Waals surface area contributed by atoms with Crippen LogP contribution in [0.5, 0.6) is 0 Å². The summed E-state index contributed by atoms with van der Waals surface area (Å²) in [5, 5.41) is 15.8. The lowest BCUT2D eigenvalue weighted by Gasteiger charge is -2.12. The fourth-order valence-corrected chi connectivity index (χ4v) is 5.48. The Morgan fingerprint density at radius 3 is 2.62 bits per heavy atom. The second kappa shape index (κ2) is 9.90. The molecule has 1 aliphatic carbocycles. The van der Waals surface area contributed by atoms with Gasteiger partial charge >= 0.3 is 5.69 Å². The number of halogens is 2. The Balaban J connectivity index is 1.37. The summed E-state index contributed by atoms with van der Waals surface area (Å²) in [4.78, 5) is 24.3. The van der Waals surface area contributed by atoms with Crippen molar-refractivity contribution in [2.45, 2.75) is 18.9 Å². The van der Waals surface area contributed by atoms with Gasteiger partial charge in [-0.05, 0) is 48.2 Å². The monoisotopic (exact) mass is 559 g/mol. The lowest BCUT2D eigenvalue weighted by atomic mass is 10.1. The number of fused-ring (bicyclic) bond motifs is 2. The largest absolute Gasteiger partial charge is 0.333 e. The van der Waals surface area contributed by atoms with Crippen molar-refractivity contribution in [3.63, 3.8) is 0 Å². The Hall–Kier alpha value is -3.25. The van der Waals surface area contributed by atoms with Gasteiger partial charge in [0.15, 0.2) is 5.65 Å². The summed E-state index contributed by atoms with van der Waals surface area (Å²) < 4.78 is 23.8. The minimum Gasteiger partial charge on any atom is -0.324 e. The molecule has 37 heavy (non-hydrogen) atoms. The molecule has 1 aliphatic rings. The minimum atomic E-state index is -3.00. The smallest absolute Gasteiger partial charge is 0.324 e. The second-order valence-corrected chi connectivity index (χ2v) is 12.0. The van der Waals surface area contributed by atoms with E-state index in [9.17, 15) is 13.2 Å². The summed E-state index contributed by atoms with van der Waals surface area (Å²) >= 11 is 12.5. The molecule has 1 unspecified atom stereocenters. The molecule has 0 bridgehead atoms. The average molecular weight is 560 g/mol. The van der Waals surface area contributed by atoms with Gasteiger partial charge in [0.2, 0.25) is 5.95 Å². The Morgan fingerprint density at radius 1 is 1.16 bits per heavy atom. The molecule has 0 amide bonds. The van der Waals surface area contributed by atoms with Crippen LogP contribution >= 0.6 is 23.2 Å². The van der Waals surface area contributed by atoms with Crippen LogP contribution in [0.1, 0.15) is 11.1 Å². The van der Waals surface area contributed by atoms with E-state index >= 15 is 0 Å². The molecule has 0 radical (unpaired) electrons. The van der Waals surface area contributed by atoms with E-state index in [1.807, 2.05) is 18.2 Å². The third-order valence-electron chi connectivity index (χ3n) is 6.16. The fourth-order valence-electron chi connectivity index (χ4n) is 4.42. The van der Waals surface area contributed by atoms with Gasteiger partial charge in [0, 0.05) is 30.7 Å². The predicted octanol–water partition coefficient (Wildman–Crippen LogP) is 2.74. The Kier molecular flexibility index (Phi) is 6.80. The average Bonchev–Trinajstić information content (AvgIpc) is 3.22. The van der Waals surface area contributed by atoms with Crippen LogP contribution in [-0.2, 0) is 22.7 Å².